The molecule has 2 aromatic rings. The minimum absolute atomic E-state index is 0.294. The molecule has 0 spiro atoms. The van der Waals surface area contributed by atoms with Crippen LogP contribution in [0, 0.1) is 12.8 Å². The third-order valence-corrected chi connectivity index (χ3v) is 4.27. The maximum absolute atomic E-state index is 10.5. The molecule has 1 N–H and O–H groups in total. The van der Waals surface area contributed by atoms with Crippen molar-refractivity contribution in [1.82, 2.24) is 0 Å². The molecule has 1 aliphatic carbocycles. The van der Waals surface area contributed by atoms with Crippen molar-refractivity contribution in [2.45, 2.75) is 25.4 Å². The van der Waals surface area contributed by atoms with Crippen molar-refractivity contribution in [3.05, 3.63) is 70.2 Å². The predicted octanol–water partition coefficient (Wildman–Crippen LogP) is 4.49. The van der Waals surface area contributed by atoms with E-state index in [4.69, 9.17) is 11.6 Å². The molecule has 2 aromatic carbocycles. The second kappa shape index (κ2) is 4.99. The number of halogens is 1. The molecular weight excluding hydrogens is 256 g/mol. The standard InChI is InChI=1S/C17H17ClO/c1-11-7-8-13(16(18)9-11)17(19)15-10-14(15)12-5-3-2-4-6-12/h2-9,14-15,17,19H,10H2,1H3. The Morgan fingerprint density at radius 3 is 2.58 bits per heavy atom. The highest BCUT2D eigenvalue weighted by Gasteiger charge is 2.44. The first kappa shape index (κ1) is 12.7. The van der Waals surface area contributed by atoms with Crippen LogP contribution < -0.4 is 0 Å². The Kier molecular flexibility index (Phi) is 3.34. The summed E-state index contributed by atoms with van der Waals surface area (Å²) in [4.78, 5) is 0. The van der Waals surface area contributed by atoms with E-state index in [1.165, 1.54) is 5.56 Å². The van der Waals surface area contributed by atoms with Gasteiger partial charge in [0, 0.05) is 5.02 Å². The molecule has 1 saturated carbocycles. The Morgan fingerprint density at radius 2 is 1.89 bits per heavy atom. The van der Waals surface area contributed by atoms with E-state index < -0.39 is 6.10 Å². The third-order valence-electron chi connectivity index (χ3n) is 3.95. The lowest BCUT2D eigenvalue weighted by Gasteiger charge is -2.13. The molecule has 0 aliphatic heterocycles. The highest BCUT2D eigenvalue weighted by Crippen LogP contribution is 2.54. The van der Waals surface area contributed by atoms with Crippen molar-refractivity contribution < 1.29 is 5.11 Å². The Labute approximate surface area is 118 Å². The third kappa shape index (κ3) is 2.54. The van der Waals surface area contributed by atoms with Crippen LogP contribution in [0.5, 0.6) is 0 Å². The van der Waals surface area contributed by atoms with Gasteiger partial charge in [-0.15, -0.1) is 0 Å². The molecule has 1 fully saturated rings. The summed E-state index contributed by atoms with van der Waals surface area (Å²) in [5.74, 6) is 0.760. The first-order valence-corrected chi connectivity index (χ1v) is 7.03. The zero-order valence-corrected chi connectivity index (χ0v) is 11.6. The average molecular weight is 273 g/mol. The fraction of sp³-hybridized carbons (Fsp3) is 0.294. The summed E-state index contributed by atoms with van der Waals surface area (Å²) in [5.41, 5.74) is 3.29. The predicted molar refractivity (Wildman–Crippen MR) is 78.4 cm³/mol. The van der Waals surface area contributed by atoms with Gasteiger partial charge in [0.05, 0.1) is 6.10 Å². The Bertz CT molecular complexity index is 579. The minimum atomic E-state index is -0.460. The molecule has 3 rings (SSSR count). The lowest BCUT2D eigenvalue weighted by molar-refractivity contribution is 0.151. The quantitative estimate of drug-likeness (QED) is 0.873. The van der Waals surface area contributed by atoms with E-state index in [1.54, 1.807) is 0 Å². The van der Waals surface area contributed by atoms with Crippen molar-refractivity contribution in [1.29, 1.82) is 0 Å². The van der Waals surface area contributed by atoms with E-state index >= 15 is 0 Å². The summed E-state index contributed by atoms with van der Waals surface area (Å²) in [5, 5.41) is 11.2. The van der Waals surface area contributed by atoms with Crippen LogP contribution in [0.2, 0.25) is 5.02 Å². The highest BCUT2D eigenvalue weighted by molar-refractivity contribution is 6.31. The van der Waals surface area contributed by atoms with E-state index in [1.807, 2.05) is 31.2 Å². The number of hydrogen-bond donors (Lipinski definition) is 1. The smallest absolute Gasteiger partial charge is 0.0838 e. The molecule has 1 nitrogen and oxygen atoms in total. The van der Waals surface area contributed by atoms with Crippen molar-refractivity contribution in [2.24, 2.45) is 5.92 Å². The van der Waals surface area contributed by atoms with Gasteiger partial charge in [0.2, 0.25) is 0 Å². The molecule has 0 bridgehead atoms. The normalized spacial score (nSPS) is 23.1. The maximum atomic E-state index is 10.5. The first-order valence-electron chi connectivity index (χ1n) is 6.66. The van der Waals surface area contributed by atoms with Crippen LogP contribution in [0.3, 0.4) is 0 Å². The largest absolute Gasteiger partial charge is 0.388 e. The summed E-state index contributed by atoms with van der Waals surface area (Å²) in [6.07, 6.45) is 0.577. The fourth-order valence-electron chi connectivity index (χ4n) is 2.75. The van der Waals surface area contributed by atoms with Crippen LogP contribution in [-0.4, -0.2) is 5.11 Å². The lowest BCUT2D eigenvalue weighted by atomic mass is 10.0. The lowest BCUT2D eigenvalue weighted by Crippen LogP contribution is -2.02. The van der Waals surface area contributed by atoms with Gasteiger partial charge in [-0.3, -0.25) is 0 Å². The molecule has 3 atom stereocenters. The molecule has 3 unspecified atom stereocenters. The topological polar surface area (TPSA) is 20.2 Å². The number of aliphatic hydroxyl groups is 1. The van der Waals surface area contributed by atoms with Gasteiger partial charge in [-0.05, 0) is 47.9 Å². The van der Waals surface area contributed by atoms with Gasteiger partial charge in [0.1, 0.15) is 0 Å². The molecule has 0 saturated heterocycles. The second-order valence-corrected chi connectivity index (χ2v) is 5.79. The van der Waals surface area contributed by atoms with E-state index in [0.717, 1.165) is 17.5 Å². The highest BCUT2D eigenvalue weighted by atomic mass is 35.5. The number of rotatable bonds is 3. The Balaban J connectivity index is 1.78. The number of hydrogen-bond acceptors (Lipinski definition) is 1. The molecule has 0 amide bonds. The summed E-state index contributed by atoms with van der Waals surface area (Å²) < 4.78 is 0. The minimum Gasteiger partial charge on any atom is -0.388 e. The monoisotopic (exact) mass is 272 g/mol. The van der Waals surface area contributed by atoms with Crippen molar-refractivity contribution in [3.63, 3.8) is 0 Å². The summed E-state index contributed by atoms with van der Waals surface area (Å²) in [6, 6.07) is 16.3. The van der Waals surface area contributed by atoms with Crippen LogP contribution in [0.4, 0.5) is 0 Å². The molecule has 1 aliphatic rings. The van der Waals surface area contributed by atoms with Gasteiger partial charge in [-0.25, -0.2) is 0 Å². The van der Waals surface area contributed by atoms with Crippen molar-refractivity contribution >= 4 is 11.6 Å². The van der Waals surface area contributed by atoms with Gasteiger partial charge in [-0.2, -0.15) is 0 Å². The van der Waals surface area contributed by atoms with E-state index in [0.29, 0.717) is 16.9 Å². The van der Waals surface area contributed by atoms with Gasteiger partial charge >= 0.3 is 0 Å². The van der Waals surface area contributed by atoms with E-state index in [2.05, 4.69) is 24.3 Å². The van der Waals surface area contributed by atoms with E-state index in [-0.39, 0.29) is 0 Å². The zero-order chi connectivity index (χ0) is 13.4. The average Bonchev–Trinajstić information content (AvgIpc) is 3.19. The molecule has 98 valence electrons. The number of benzene rings is 2. The second-order valence-electron chi connectivity index (χ2n) is 5.39. The molecule has 19 heavy (non-hydrogen) atoms. The van der Waals surface area contributed by atoms with Gasteiger partial charge in [-0.1, -0.05) is 54.1 Å². The molecule has 2 heteroatoms. The van der Waals surface area contributed by atoms with Crippen LogP contribution >= 0.6 is 11.6 Å². The summed E-state index contributed by atoms with van der Waals surface area (Å²) in [6.45, 7) is 2.01. The van der Waals surface area contributed by atoms with Gasteiger partial charge in [0.15, 0.2) is 0 Å². The molecular formula is C17H17ClO. The van der Waals surface area contributed by atoms with Crippen LogP contribution in [0.15, 0.2) is 48.5 Å². The van der Waals surface area contributed by atoms with Gasteiger partial charge < -0.3 is 5.11 Å². The number of aliphatic hydroxyl groups excluding tert-OH is 1. The maximum Gasteiger partial charge on any atom is 0.0838 e. The van der Waals surface area contributed by atoms with Crippen LogP contribution in [0.25, 0.3) is 0 Å². The Hall–Kier alpha value is -1.31. The molecule has 0 heterocycles. The fourth-order valence-corrected chi connectivity index (χ4v) is 3.10. The van der Waals surface area contributed by atoms with Crippen molar-refractivity contribution in [3.8, 4) is 0 Å². The van der Waals surface area contributed by atoms with Gasteiger partial charge in [0.25, 0.3) is 0 Å². The first-order chi connectivity index (χ1) is 9.16. The molecule has 0 radical (unpaired) electrons. The summed E-state index contributed by atoms with van der Waals surface area (Å²) >= 11 is 6.23. The zero-order valence-electron chi connectivity index (χ0n) is 10.9. The summed E-state index contributed by atoms with van der Waals surface area (Å²) in [7, 11) is 0. The van der Waals surface area contributed by atoms with Crippen LogP contribution in [0.1, 0.15) is 35.1 Å². The number of aryl methyl sites for hydroxylation is 1. The van der Waals surface area contributed by atoms with Crippen LogP contribution in [-0.2, 0) is 0 Å². The van der Waals surface area contributed by atoms with E-state index in [9.17, 15) is 5.11 Å². The van der Waals surface area contributed by atoms with Crippen molar-refractivity contribution in [2.75, 3.05) is 0 Å². The Morgan fingerprint density at radius 1 is 1.16 bits per heavy atom. The molecule has 0 aromatic heterocycles. The SMILES string of the molecule is Cc1ccc(C(O)C2CC2c2ccccc2)c(Cl)c1.